The third kappa shape index (κ3) is 5.30. The number of aryl methyl sites for hydroxylation is 1. The number of likely N-dealkylation sites (tertiary alicyclic amines) is 2. The molecule has 0 saturated carbocycles. The average Bonchev–Trinajstić information content (AvgIpc) is 3.67. The molecule has 4 fully saturated rings. The second-order valence-corrected chi connectivity index (χ2v) is 13.6. The van der Waals surface area contributed by atoms with E-state index in [0.29, 0.717) is 37.6 Å². The minimum Gasteiger partial charge on any atom is -0.342 e. The Bertz CT molecular complexity index is 1540. The number of piperidine rings is 2. The van der Waals surface area contributed by atoms with Crippen molar-refractivity contribution >= 4 is 22.8 Å². The van der Waals surface area contributed by atoms with E-state index < -0.39 is 0 Å². The van der Waals surface area contributed by atoms with Crippen molar-refractivity contribution in [2.24, 2.45) is 5.92 Å². The number of nitrogens with zero attached hydrogens (tertiary/aromatic N) is 6. The molecule has 44 heavy (non-hydrogen) atoms. The maximum absolute atomic E-state index is 13.5. The highest BCUT2D eigenvalue weighted by Crippen LogP contribution is 2.45. The zero-order chi connectivity index (χ0) is 30.3. The summed E-state index contributed by atoms with van der Waals surface area (Å²) in [6, 6.07) is 23.4. The van der Waals surface area contributed by atoms with Crippen LogP contribution in [0.3, 0.4) is 0 Å². The Morgan fingerprint density at radius 3 is 2.41 bits per heavy atom. The Morgan fingerprint density at radius 2 is 1.68 bits per heavy atom. The predicted octanol–water partition coefficient (Wildman–Crippen LogP) is 5.23. The maximum atomic E-state index is 13.5. The number of carbonyl (C=O) groups is 2. The lowest BCUT2D eigenvalue weighted by Crippen LogP contribution is -2.50. The molecule has 1 unspecified atom stereocenters. The molecule has 0 aliphatic carbocycles. The summed E-state index contributed by atoms with van der Waals surface area (Å²) in [4.78, 5) is 37.4. The average molecular weight is 593 g/mol. The molecular formula is C36H44N6O2. The quantitative estimate of drug-likeness (QED) is 0.358. The highest BCUT2D eigenvalue weighted by atomic mass is 16.2. The van der Waals surface area contributed by atoms with E-state index in [1.54, 1.807) is 4.90 Å². The van der Waals surface area contributed by atoms with Crippen LogP contribution in [0.5, 0.6) is 0 Å². The maximum Gasteiger partial charge on any atom is 0.227 e. The van der Waals surface area contributed by atoms with E-state index in [1.807, 2.05) is 4.90 Å². The minimum absolute atomic E-state index is 0.00373. The van der Waals surface area contributed by atoms with E-state index in [4.69, 9.17) is 10.2 Å². The number of carbonyl (C=O) groups excluding carboxylic acids is 2. The van der Waals surface area contributed by atoms with Crippen molar-refractivity contribution in [2.75, 3.05) is 32.7 Å². The Balaban J connectivity index is 1.02. The van der Waals surface area contributed by atoms with E-state index in [1.165, 1.54) is 36.8 Å². The molecule has 230 valence electrons. The monoisotopic (exact) mass is 592 g/mol. The number of hydrogen-bond donors (Lipinski definition) is 0. The van der Waals surface area contributed by atoms with Gasteiger partial charge in [0.05, 0.1) is 29.4 Å². The SMILES string of the molecule is Cc1nc2ccccc2n1[C@H]1C[C@H]2CC[C@@H](C1)N2CCC1(c2ccccc2)CCN(C(=O)C2CC(=O)N(CCC#N)C2)CC1. The van der Waals surface area contributed by atoms with Gasteiger partial charge in [0.15, 0.2) is 0 Å². The first kappa shape index (κ1) is 29.0. The molecule has 0 spiro atoms. The number of hydrogen-bond acceptors (Lipinski definition) is 5. The van der Waals surface area contributed by atoms with E-state index in [-0.39, 0.29) is 29.6 Å². The molecule has 3 aromatic rings. The summed E-state index contributed by atoms with van der Waals surface area (Å²) in [5.41, 5.74) is 3.82. The molecular weight excluding hydrogens is 548 g/mol. The summed E-state index contributed by atoms with van der Waals surface area (Å²) in [5, 5.41) is 8.92. The largest absolute Gasteiger partial charge is 0.342 e. The van der Waals surface area contributed by atoms with Gasteiger partial charge in [-0.25, -0.2) is 4.98 Å². The van der Waals surface area contributed by atoms with Crippen molar-refractivity contribution in [2.45, 2.75) is 88.3 Å². The Kier molecular flexibility index (Phi) is 7.92. The molecule has 5 heterocycles. The summed E-state index contributed by atoms with van der Waals surface area (Å²) in [5.74, 6) is 0.967. The molecule has 2 amide bonds. The van der Waals surface area contributed by atoms with Crippen molar-refractivity contribution in [3.05, 3.63) is 66.0 Å². The molecule has 4 saturated heterocycles. The van der Waals surface area contributed by atoms with Gasteiger partial charge >= 0.3 is 0 Å². The number of aromatic nitrogens is 2. The van der Waals surface area contributed by atoms with Gasteiger partial charge in [-0.15, -0.1) is 0 Å². The summed E-state index contributed by atoms with van der Waals surface area (Å²) >= 11 is 0. The van der Waals surface area contributed by atoms with Crippen LogP contribution in [0, 0.1) is 24.2 Å². The van der Waals surface area contributed by atoms with Gasteiger partial charge in [-0.05, 0) is 81.5 Å². The topological polar surface area (TPSA) is 85.5 Å². The molecule has 1 aromatic heterocycles. The third-order valence-corrected chi connectivity index (χ3v) is 11.3. The van der Waals surface area contributed by atoms with E-state index in [0.717, 1.165) is 50.2 Å². The fourth-order valence-corrected chi connectivity index (χ4v) is 9.02. The van der Waals surface area contributed by atoms with Crippen molar-refractivity contribution in [3.8, 4) is 6.07 Å². The van der Waals surface area contributed by atoms with Gasteiger partial charge in [0.1, 0.15) is 5.82 Å². The molecule has 7 rings (SSSR count). The van der Waals surface area contributed by atoms with Crippen LogP contribution in [-0.4, -0.2) is 80.9 Å². The molecule has 4 atom stereocenters. The Labute approximate surface area is 260 Å². The molecule has 2 aromatic carbocycles. The van der Waals surface area contributed by atoms with Crippen LogP contribution in [0.4, 0.5) is 0 Å². The van der Waals surface area contributed by atoms with Crippen LogP contribution in [0.25, 0.3) is 11.0 Å². The van der Waals surface area contributed by atoms with E-state index in [2.05, 4.69) is 77.1 Å². The number of nitriles is 1. The van der Waals surface area contributed by atoms with Crippen molar-refractivity contribution in [3.63, 3.8) is 0 Å². The van der Waals surface area contributed by atoms with Crippen LogP contribution in [-0.2, 0) is 15.0 Å². The zero-order valence-electron chi connectivity index (χ0n) is 25.9. The fraction of sp³-hybridized carbons (Fsp3) is 0.556. The summed E-state index contributed by atoms with van der Waals surface area (Å²) in [7, 11) is 0. The summed E-state index contributed by atoms with van der Waals surface area (Å²) in [6.07, 6.45) is 8.52. The van der Waals surface area contributed by atoms with Gasteiger partial charge in [0.25, 0.3) is 0 Å². The van der Waals surface area contributed by atoms with E-state index >= 15 is 0 Å². The molecule has 2 bridgehead atoms. The lowest BCUT2D eigenvalue weighted by atomic mass is 9.70. The molecule has 0 radical (unpaired) electrons. The van der Waals surface area contributed by atoms with Gasteiger partial charge in [-0.3, -0.25) is 14.5 Å². The zero-order valence-corrected chi connectivity index (χ0v) is 25.9. The van der Waals surface area contributed by atoms with Crippen LogP contribution in [0.15, 0.2) is 54.6 Å². The van der Waals surface area contributed by atoms with E-state index in [9.17, 15) is 9.59 Å². The van der Waals surface area contributed by atoms with Gasteiger partial charge < -0.3 is 14.4 Å². The first-order chi connectivity index (χ1) is 21.5. The molecule has 8 nitrogen and oxygen atoms in total. The highest BCUT2D eigenvalue weighted by molar-refractivity contribution is 5.89. The number of benzene rings is 2. The third-order valence-electron chi connectivity index (χ3n) is 11.3. The lowest BCUT2D eigenvalue weighted by molar-refractivity contribution is -0.137. The minimum atomic E-state index is -0.279. The van der Waals surface area contributed by atoms with Gasteiger partial charge in [0, 0.05) is 50.7 Å². The Morgan fingerprint density at radius 1 is 0.977 bits per heavy atom. The van der Waals surface area contributed by atoms with Gasteiger partial charge in [-0.2, -0.15) is 5.26 Å². The van der Waals surface area contributed by atoms with Crippen LogP contribution >= 0.6 is 0 Å². The molecule has 4 aliphatic heterocycles. The van der Waals surface area contributed by atoms with Crippen molar-refractivity contribution < 1.29 is 9.59 Å². The second kappa shape index (κ2) is 12.0. The first-order valence-corrected chi connectivity index (χ1v) is 16.6. The number of rotatable bonds is 8. The summed E-state index contributed by atoms with van der Waals surface area (Å²) in [6.45, 7) is 5.60. The number of para-hydroxylation sites is 2. The molecule has 0 N–H and O–H groups in total. The second-order valence-electron chi connectivity index (χ2n) is 13.6. The predicted molar refractivity (Wildman–Crippen MR) is 170 cm³/mol. The summed E-state index contributed by atoms with van der Waals surface area (Å²) < 4.78 is 2.51. The van der Waals surface area contributed by atoms with Crippen molar-refractivity contribution in [1.82, 2.24) is 24.3 Å². The molecule has 4 aliphatic rings. The van der Waals surface area contributed by atoms with Crippen LogP contribution < -0.4 is 0 Å². The lowest BCUT2D eigenvalue weighted by Gasteiger charge is -2.46. The smallest absolute Gasteiger partial charge is 0.227 e. The van der Waals surface area contributed by atoms with Crippen LogP contribution in [0.1, 0.15) is 75.2 Å². The highest BCUT2D eigenvalue weighted by Gasteiger charge is 2.45. The standard InChI is InChI=1S/C36H44N6O2/c1-26-38-32-10-5-6-11-33(32)42(26)31-23-29-12-13-30(24-31)41(29)21-16-36(28-8-3-2-4-9-28)14-19-39(20-15-36)35(44)27-22-34(43)40(25-27)18-7-17-37/h2-6,8-11,27,29-31H,7,12-16,18-25H2,1H3/t27?,29-,30+,31+. The fourth-order valence-electron chi connectivity index (χ4n) is 9.02. The van der Waals surface area contributed by atoms with Gasteiger partial charge in [-0.1, -0.05) is 42.5 Å². The van der Waals surface area contributed by atoms with Gasteiger partial charge in [0.2, 0.25) is 11.8 Å². The van der Waals surface area contributed by atoms with Crippen LogP contribution in [0.2, 0.25) is 0 Å². The van der Waals surface area contributed by atoms with Crippen molar-refractivity contribution in [1.29, 1.82) is 5.26 Å². The number of fused-ring (bicyclic) bond motifs is 3. The number of imidazole rings is 1. The Hall–Kier alpha value is -3.70. The first-order valence-electron chi connectivity index (χ1n) is 16.6. The molecule has 8 heteroatoms. The normalized spacial score (nSPS) is 26.8. The number of amides is 2.